The summed E-state index contributed by atoms with van der Waals surface area (Å²) in [6.07, 6.45) is 9.10. The second kappa shape index (κ2) is 19.3. The second-order valence-corrected chi connectivity index (χ2v) is 33.5. The van der Waals surface area contributed by atoms with Crippen molar-refractivity contribution in [1.29, 1.82) is 0 Å². The smallest absolute Gasteiger partial charge is 0.297 e. The summed E-state index contributed by atoms with van der Waals surface area (Å²) in [6.45, 7) is 50.4. The van der Waals surface area contributed by atoms with E-state index >= 15 is 0 Å². The Hall–Kier alpha value is -6.46. The molecule has 0 bridgehead atoms. The minimum Gasteiger partial charge on any atom is -0.468 e. The molecule has 0 fully saturated rings. The van der Waals surface area contributed by atoms with Crippen molar-refractivity contribution in [3.8, 4) is 5.69 Å². The Morgan fingerprint density at radius 2 is 0.953 bits per heavy atom. The Bertz CT molecular complexity index is 4190. The van der Waals surface area contributed by atoms with Gasteiger partial charge in [-0.05, 0) is 222 Å². The number of benzene rings is 7. The standard InChI is InChI=1S/C81H98BN3O/c1-22-24-35-77(12,13)59-30-28-53(40-49(59)23-2)83-67-48-63-62(80(18,19)38-39-81(63,20)21)47-64(67)82-71-68(83)45-55(84-65-32-25-50(74(3,4)5)41-56(65)57-42-51(75(6,7)8)26-33-66(57)84)46-69(71)85(54-29-31-60-61(44-54)79(16,17)37-36-78(60,14)15)72-58-43-52(76(9,10)11)27-34-70(58)86-73(72)82/h25-34,40-48H,22-24,35-39H2,1-21H3. The zero-order valence-electron chi connectivity index (χ0n) is 56.5. The van der Waals surface area contributed by atoms with E-state index in [0.717, 1.165) is 61.1 Å². The molecule has 2 aromatic heterocycles. The van der Waals surface area contributed by atoms with E-state index in [1.807, 2.05) is 0 Å². The molecule has 9 aromatic rings. The van der Waals surface area contributed by atoms with Crippen LogP contribution in [0.2, 0.25) is 0 Å². The maximum atomic E-state index is 7.73. The Morgan fingerprint density at radius 1 is 0.465 bits per heavy atom. The van der Waals surface area contributed by atoms with Crippen LogP contribution in [0.3, 0.4) is 0 Å². The minimum absolute atomic E-state index is 0.00832. The SMILES string of the molecule is CCCCC(C)(C)c1ccc(N2c3cc4c(cc3B3c5oc6ccc(C(C)(C)C)cc6c5N(c5ccc6c(c5)C(C)(C)CCC6(C)C)c5cc(-n6c7ccc(C(C)(C)C)cc7c7cc(C(C)(C)C)ccc76)cc2c53)C(C)(C)CCC4(C)C)cc1CC. The Balaban J connectivity index is 1.22. The van der Waals surface area contributed by atoms with Crippen LogP contribution in [0.5, 0.6) is 0 Å². The molecular weight excluding hydrogens is 1040 g/mol. The fourth-order valence-electron chi connectivity index (χ4n) is 16.0. The summed E-state index contributed by atoms with van der Waals surface area (Å²) in [6, 6.07) is 47.4. The van der Waals surface area contributed by atoms with Gasteiger partial charge in [0.2, 0.25) is 0 Å². The normalized spacial score (nSPS) is 17.7. The summed E-state index contributed by atoms with van der Waals surface area (Å²) >= 11 is 0. The third-order valence-corrected chi connectivity index (χ3v) is 21.9. The van der Waals surface area contributed by atoms with Crippen LogP contribution in [0.25, 0.3) is 38.5 Å². The average Bonchev–Trinajstić information content (AvgIpc) is 1.16. The van der Waals surface area contributed by atoms with Crippen LogP contribution < -0.4 is 26.4 Å². The van der Waals surface area contributed by atoms with Gasteiger partial charge in [-0.15, -0.1) is 0 Å². The molecule has 7 aromatic carbocycles. The first-order valence-corrected chi connectivity index (χ1v) is 33.1. The van der Waals surface area contributed by atoms with Gasteiger partial charge in [0.1, 0.15) is 5.58 Å². The minimum atomic E-state index is -0.198. The van der Waals surface area contributed by atoms with Crippen LogP contribution in [-0.4, -0.2) is 11.3 Å². The van der Waals surface area contributed by atoms with Crippen molar-refractivity contribution in [2.75, 3.05) is 9.80 Å². The van der Waals surface area contributed by atoms with Gasteiger partial charge < -0.3 is 18.8 Å². The zero-order chi connectivity index (χ0) is 61.5. The molecule has 0 saturated heterocycles. The molecule has 0 atom stereocenters. The molecule has 5 heteroatoms. The molecule has 2 aliphatic heterocycles. The van der Waals surface area contributed by atoms with Crippen molar-refractivity contribution in [1.82, 2.24) is 4.57 Å². The number of aromatic nitrogens is 1. The fourth-order valence-corrected chi connectivity index (χ4v) is 16.0. The molecule has 0 spiro atoms. The van der Waals surface area contributed by atoms with Gasteiger partial charge in [-0.1, -0.05) is 195 Å². The van der Waals surface area contributed by atoms with Crippen LogP contribution in [0.15, 0.2) is 120 Å². The molecule has 4 heterocycles. The molecule has 446 valence electrons. The van der Waals surface area contributed by atoms with E-state index in [1.54, 1.807) is 0 Å². The molecule has 4 aliphatic rings. The van der Waals surface area contributed by atoms with Gasteiger partial charge in [0, 0.05) is 44.6 Å². The number of fused-ring (bicyclic) bond motifs is 11. The van der Waals surface area contributed by atoms with E-state index < -0.39 is 0 Å². The summed E-state index contributed by atoms with van der Waals surface area (Å²) in [5.74, 6) is 0. The number of furan rings is 1. The van der Waals surface area contributed by atoms with Crippen molar-refractivity contribution < 1.29 is 4.42 Å². The third kappa shape index (κ3) is 9.09. The highest BCUT2D eigenvalue weighted by Gasteiger charge is 2.50. The van der Waals surface area contributed by atoms with E-state index in [1.165, 1.54) is 129 Å². The highest BCUT2D eigenvalue weighted by Crippen LogP contribution is 2.55. The molecule has 13 rings (SSSR count). The van der Waals surface area contributed by atoms with Crippen LogP contribution in [0, 0.1) is 0 Å². The van der Waals surface area contributed by atoms with Crippen molar-refractivity contribution >= 4 is 90.2 Å². The summed E-state index contributed by atoms with van der Waals surface area (Å²) in [5.41, 5.74) is 28.1. The van der Waals surface area contributed by atoms with Crippen molar-refractivity contribution in [3.63, 3.8) is 0 Å². The van der Waals surface area contributed by atoms with E-state index in [-0.39, 0.29) is 50.0 Å². The van der Waals surface area contributed by atoms with Gasteiger partial charge in [-0.2, -0.15) is 0 Å². The van der Waals surface area contributed by atoms with Crippen LogP contribution in [-0.2, 0) is 49.7 Å². The highest BCUT2D eigenvalue weighted by atomic mass is 16.3. The van der Waals surface area contributed by atoms with Crippen molar-refractivity contribution in [2.24, 2.45) is 0 Å². The molecule has 0 saturated carbocycles. The topological polar surface area (TPSA) is 24.6 Å². The van der Waals surface area contributed by atoms with Gasteiger partial charge in [-0.25, -0.2) is 0 Å². The van der Waals surface area contributed by atoms with E-state index in [4.69, 9.17) is 4.42 Å². The molecule has 2 aliphatic carbocycles. The predicted octanol–water partition coefficient (Wildman–Crippen LogP) is 21.2. The van der Waals surface area contributed by atoms with E-state index in [0.29, 0.717) is 0 Å². The maximum Gasteiger partial charge on any atom is 0.297 e. The summed E-state index contributed by atoms with van der Waals surface area (Å²) in [4.78, 5) is 5.40. The first-order chi connectivity index (χ1) is 40.1. The van der Waals surface area contributed by atoms with Crippen molar-refractivity contribution in [2.45, 2.75) is 240 Å². The van der Waals surface area contributed by atoms with Crippen molar-refractivity contribution in [3.05, 3.63) is 165 Å². The number of hydrogen-bond donors (Lipinski definition) is 0. The quantitative estimate of drug-likeness (QED) is 0.142. The lowest BCUT2D eigenvalue weighted by Gasteiger charge is -2.47. The average molecular weight is 1140 g/mol. The van der Waals surface area contributed by atoms with Gasteiger partial charge in [0.05, 0.1) is 28.1 Å². The summed E-state index contributed by atoms with van der Waals surface area (Å²) in [7, 11) is 0. The number of aryl methyl sites for hydroxylation is 1. The molecule has 86 heavy (non-hydrogen) atoms. The number of unbranched alkanes of at least 4 members (excludes halogenated alkanes) is 1. The van der Waals surface area contributed by atoms with Gasteiger partial charge in [0.25, 0.3) is 6.71 Å². The van der Waals surface area contributed by atoms with Gasteiger partial charge in [-0.3, -0.25) is 0 Å². The molecule has 4 nitrogen and oxygen atoms in total. The number of hydrogen-bond acceptors (Lipinski definition) is 3. The highest BCUT2D eigenvalue weighted by molar-refractivity contribution is 7.00. The lowest BCUT2D eigenvalue weighted by atomic mass is 9.35. The van der Waals surface area contributed by atoms with E-state index in [9.17, 15) is 0 Å². The maximum absolute atomic E-state index is 7.73. The zero-order valence-corrected chi connectivity index (χ0v) is 56.5. The Labute approximate surface area is 517 Å². The Kier molecular flexibility index (Phi) is 13.1. The van der Waals surface area contributed by atoms with Crippen LogP contribution in [0.4, 0.5) is 34.1 Å². The lowest BCUT2D eigenvalue weighted by Crippen LogP contribution is -2.61. The molecule has 0 N–H and O–H groups in total. The third-order valence-electron chi connectivity index (χ3n) is 21.9. The van der Waals surface area contributed by atoms with Crippen LogP contribution >= 0.6 is 0 Å². The first kappa shape index (κ1) is 58.6. The molecule has 0 amide bonds. The molecular formula is C81H98BN3O. The number of rotatable bonds is 8. The van der Waals surface area contributed by atoms with Crippen LogP contribution in [0.1, 0.15) is 240 Å². The number of anilines is 6. The first-order valence-electron chi connectivity index (χ1n) is 33.1. The second-order valence-electron chi connectivity index (χ2n) is 33.5. The number of nitrogens with zero attached hydrogens (tertiary/aromatic N) is 3. The fraction of sp³-hybridized carbons (Fsp3) is 0.457. The summed E-state index contributed by atoms with van der Waals surface area (Å²) < 4.78 is 10.4. The monoisotopic (exact) mass is 1140 g/mol. The van der Waals surface area contributed by atoms with Gasteiger partial charge >= 0.3 is 0 Å². The predicted molar refractivity (Wildman–Crippen MR) is 373 cm³/mol. The Morgan fingerprint density at radius 3 is 1.50 bits per heavy atom. The summed E-state index contributed by atoms with van der Waals surface area (Å²) in [5, 5.41) is 3.76. The van der Waals surface area contributed by atoms with E-state index in [2.05, 4.69) is 275 Å². The van der Waals surface area contributed by atoms with Gasteiger partial charge in [0.15, 0.2) is 0 Å². The largest absolute Gasteiger partial charge is 0.468 e. The lowest BCUT2D eigenvalue weighted by molar-refractivity contribution is 0.332. The molecule has 0 unspecified atom stereocenters. The molecule has 0 radical (unpaired) electrons.